The molecular weight excluding hydrogens is 505 g/mol. The van der Waals surface area contributed by atoms with Crippen LogP contribution in [0.5, 0.6) is 0 Å². The van der Waals surface area contributed by atoms with E-state index in [1.807, 2.05) is 13.0 Å². The molecular formula is C23H26F5N5O2S. The minimum absolute atomic E-state index is 0.0566. The standard InChI is InChI=1S/C23H26F5N5O2S/c1-14-12-29-13-19(35-14)21-31-20-18(6-9-30-22(20)32-21)15-7-10-33(11-8-15)23(34)16-2-4-17(5-3-16)36(24,25,26,27)28/h2-6,9,14-15,19,29H,7-8,10-13H2,1H3,(H,30,31,32). The molecule has 0 aliphatic carbocycles. The van der Waals surface area contributed by atoms with E-state index in [9.17, 15) is 24.2 Å². The molecule has 2 N–H and O–H groups in total. The highest BCUT2D eigenvalue weighted by molar-refractivity contribution is 8.45. The van der Waals surface area contributed by atoms with E-state index < -0.39 is 21.0 Å². The maximum Gasteiger partial charge on any atom is 0.310 e. The number of carbonyl (C=O) groups excluding carboxylic acids is 1. The molecule has 2 aromatic heterocycles. The number of carbonyl (C=O) groups is 1. The van der Waals surface area contributed by atoms with Gasteiger partial charge in [-0.2, -0.15) is 0 Å². The third-order valence-electron chi connectivity index (χ3n) is 6.67. The lowest BCUT2D eigenvalue weighted by molar-refractivity contribution is -0.0326. The lowest BCUT2D eigenvalue weighted by atomic mass is 9.89. The van der Waals surface area contributed by atoms with Crippen LogP contribution in [-0.2, 0) is 4.74 Å². The highest BCUT2D eigenvalue weighted by Gasteiger charge is 2.65. The molecule has 2 atom stereocenters. The number of likely N-dealkylation sites (tertiary alicyclic amines) is 1. The van der Waals surface area contributed by atoms with Crippen LogP contribution in [0.1, 0.15) is 53.5 Å². The molecule has 36 heavy (non-hydrogen) atoms. The maximum atomic E-state index is 13.0. The Morgan fingerprint density at radius 1 is 1.06 bits per heavy atom. The molecule has 2 aliphatic rings. The number of morpholine rings is 1. The summed E-state index contributed by atoms with van der Waals surface area (Å²) in [5.41, 5.74) is 2.39. The van der Waals surface area contributed by atoms with Gasteiger partial charge in [0.2, 0.25) is 0 Å². The number of H-pyrrole nitrogens is 1. The van der Waals surface area contributed by atoms with Gasteiger partial charge in [0, 0.05) is 37.9 Å². The van der Waals surface area contributed by atoms with Gasteiger partial charge in [0.05, 0.1) is 11.6 Å². The van der Waals surface area contributed by atoms with Crippen molar-refractivity contribution in [2.45, 2.75) is 42.8 Å². The molecule has 2 unspecified atom stereocenters. The van der Waals surface area contributed by atoms with E-state index in [4.69, 9.17) is 4.74 Å². The molecule has 0 spiro atoms. The monoisotopic (exact) mass is 531 g/mol. The van der Waals surface area contributed by atoms with Gasteiger partial charge < -0.3 is 19.9 Å². The fourth-order valence-corrected chi connectivity index (χ4v) is 5.48. The van der Waals surface area contributed by atoms with Crippen molar-refractivity contribution in [1.82, 2.24) is 25.2 Å². The maximum absolute atomic E-state index is 13.0. The summed E-state index contributed by atoms with van der Waals surface area (Å²) >= 11 is 0. The largest absolute Gasteiger partial charge is 0.365 e. The van der Waals surface area contributed by atoms with Crippen molar-refractivity contribution >= 4 is 27.3 Å². The Morgan fingerprint density at radius 2 is 1.75 bits per heavy atom. The van der Waals surface area contributed by atoms with Gasteiger partial charge >= 0.3 is 10.2 Å². The molecule has 0 saturated carbocycles. The van der Waals surface area contributed by atoms with Gasteiger partial charge in [-0.1, -0.05) is 19.4 Å². The lowest BCUT2D eigenvalue weighted by Crippen LogP contribution is -2.39. The highest BCUT2D eigenvalue weighted by Crippen LogP contribution is 3.02. The minimum Gasteiger partial charge on any atom is -0.365 e. The molecule has 0 bridgehead atoms. The predicted octanol–water partition coefficient (Wildman–Crippen LogP) is 5.68. The number of imidazole rings is 1. The smallest absolute Gasteiger partial charge is 0.310 e. The topological polar surface area (TPSA) is 83.1 Å². The first-order valence-electron chi connectivity index (χ1n) is 11.6. The highest BCUT2D eigenvalue weighted by atomic mass is 32.5. The van der Waals surface area contributed by atoms with Crippen molar-refractivity contribution in [3.05, 3.63) is 53.5 Å². The Hall–Kier alpha value is -2.77. The number of pyridine rings is 1. The molecule has 7 nitrogen and oxygen atoms in total. The summed E-state index contributed by atoms with van der Waals surface area (Å²) in [6.07, 6.45) is 2.81. The Labute approximate surface area is 204 Å². The average Bonchev–Trinajstić information content (AvgIpc) is 3.27. The van der Waals surface area contributed by atoms with E-state index in [0.717, 1.165) is 29.8 Å². The first-order chi connectivity index (χ1) is 16.8. The third-order valence-corrected chi connectivity index (χ3v) is 7.84. The number of aromatic amines is 1. The van der Waals surface area contributed by atoms with Crippen LogP contribution >= 0.6 is 10.2 Å². The zero-order valence-electron chi connectivity index (χ0n) is 19.4. The fourth-order valence-electron chi connectivity index (χ4n) is 4.83. The summed E-state index contributed by atoms with van der Waals surface area (Å²) in [6.45, 7) is 4.16. The van der Waals surface area contributed by atoms with Gasteiger partial charge in [-0.15, -0.1) is 0 Å². The fraction of sp³-hybridized carbons (Fsp3) is 0.435. The summed E-state index contributed by atoms with van der Waals surface area (Å²) < 4.78 is 70.8. The van der Waals surface area contributed by atoms with Crippen LogP contribution in [0.3, 0.4) is 0 Å². The van der Waals surface area contributed by atoms with Gasteiger partial charge in [0.15, 0.2) is 5.65 Å². The molecule has 2 aliphatic heterocycles. The number of ether oxygens (including phenoxy) is 1. The number of fused-ring (bicyclic) bond motifs is 1. The van der Waals surface area contributed by atoms with Gasteiger partial charge in [-0.25, -0.2) is 9.97 Å². The number of aromatic nitrogens is 3. The van der Waals surface area contributed by atoms with Crippen molar-refractivity contribution < 1.29 is 29.0 Å². The van der Waals surface area contributed by atoms with Gasteiger partial charge in [0.1, 0.15) is 16.8 Å². The Bertz CT molecular complexity index is 1290. The molecule has 1 aromatic carbocycles. The van der Waals surface area contributed by atoms with E-state index in [1.165, 1.54) is 4.90 Å². The van der Waals surface area contributed by atoms with Gasteiger partial charge in [-0.3, -0.25) is 4.79 Å². The summed E-state index contributed by atoms with van der Waals surface area (Å²) in [7, 11) is -9.77. The number of nitrogens with zero attached hydrogens (tertiary/aromatic N) is 3. The molecule has 196 valence electrons. The zero-order valence-corrected chi connectivity index (χ0v) is 20.2. The number of amides is 1. The quantitative estimate of drug-likeness (QED) is 0.423. The van der Waals surface area contributed by atoms with Gasteiger partial charge in [0.25, 0.3) is 5.91 Å². The first kappa shape index (κ1) is 24.9. The van der Waals surface area contributed by atoms with E-state index in [-0.39, 0.29) is 35.8 Å². The second-order valence-corrected chi connectivity index (χ2v) is 11.8. The van der Waals surface area contributed by atoms with Crippen LogP contribution in [-0.4, -0.2) is 58.0 Å². The number of benzene rings is 1. The van der Waals surface area contributed by atoms with E-state index in [1.54, 1.807) is 6.20 Å². The van der Waals surface area contributed by atoms with Crippen molar-refractivity contribution in [1.29, 1.82) is 0 Å². The number of hydrogen-bond acceptors (Lipinski definition) is 5. The van der Waals surface area contributed by atoms with Crippen LogP contribution in [0.2, 0.25) is 0 Å². The van der Waals surface area contributed by atoms with Gasteiger partial charge in [-0.05, 0) is 61.6 Å². The second kappa shape index (κ2) is 8.12. The van der Waals surface area contributed by atoms with Crippen LogP contribution < -0.4 is 5.32 Å². The molecule has 1 amide bonds. The molecule has 5 rings (SSSR count). The van der Waals surface area contributed by atoms with Crippen LogP contribution in [0.4, 0.5) is 19.4 Å². The molecule has 0 radical (unpaired) electrons. The van der Waals surface area contributed by atoms with Crippen LogP contribution in [0.25, 0.3) is 11.2 Å². The third kappa shape index (κ3) is 5.04. The van der Waals surface area contributed by atoms with E-state index in [0.29, 0.717) is 43.9 Å². The molecule has 2 saturated heterocycles. The van der Waals surface area contributed by atoms with Crippen molar-refractivity contribution in [2.24, 2.45) is 0 Å². The SMILES string of the molecule is CC1CNCC(c2nc3nccc(C4CCN(C(=O)c5ccc(S(F)(F)(F)(F)F)cc5)CC4)c3[nH]2)O1. The van der Waals surface area contributed by atoms with Crippen LogP contribution in [0, 0.1) is 0 Å². The summed E-state index contributed by atoms with van der Waals surface area (Å²) in [4.78, 5) is 24.7. The summed E-state index contributed by atoms with van der Waals surface area (Å²) in [5, 5.41) is 3.31. The van der Waals surface area contributed by atoms with Crippen LogP contribution in [0.15, 0.2) is 41.4 Å². The molecule has 2 fully saturated rings. The number of piperidine rings is 1. The van der Waals surface area contributed by atoms with E-state index >= 15 is 0 Å². The van der Waals surface area contributed by atoms with E-state index in [2.05, 4.69) is 20.3 Å². The van der Waals surface area contributed by atoms with Crippen molar-refractivity contribution in [3.63, 3.8) is 0 Å². The lowest BCUT2D eigenvalue weighted by Gasteiger charge is -2.40. The molecule has 13 heteroatoms. The number of hydrogen-bond donors (Lipinski definition) is 2. The number of nitrogens with one attached hydrogen (secondary N) is 2. The Balaban J connectivity index is 1.28. The average molecular weight is 532 g/mol. The van der Waals surface area contributed by atoms with Crippen molar-refractivity contribution in [2.75, 3.05) is 26.2 Å². The molecule has 3 aromatic rings. The second-order valence-electron chi connectivity index (χ2n) is 9.37. The zero-order chi connectivity index (χ0) is 25.8. The first-order valence-corrected chi connectivity index (χ1v) is 13.6. The predicted molar refractivity (Wildman–Crippen MR) is 126 cm³/mol. The Morgan fingerprint density at radius 3 is 2.39 bits per heavy atom. The Kier molecular flexibility index (Phi) is 5.62. The normalized spacial score (nSPS) is 23.9. The van der Waals surface area contributed by atoms with Crippen molar-refractivity contribution in [3.8, 4) is 0 Å². The summed E-state index contributed by atoms with van der Waals surface area (Å²) in [5.74, 6) is 0.334. The minimum atomic E-state index is -9.77. The number of rotatable bonds is 4. The summed E-state index contributed by atoms with van der Waals surface area (Å²) in [6, 6.07) is 4.09. The molecule has 4 heterocycles. The number of halogens is 5.